The van der Waals surface area contributed by atoms with Gasteiger partial charge in [0.05, 0.1) is 25.0 Å². The molecule has 0 unspecified atom stereocenters. The van der Waals surface area contributed by atoms with Crippen LogP contribution >= 0.6 is 0 Å². The summed E-state index contributed by atoms with van der Waals surface area (Å²) in [5.74, 6) is -0.127. The summed E-state index contributed by atoms with van der Waals surface area (Å²) in [5.41, 5.74) is 2.78. The highest BCUT2D eigenvalue weighted by Gasteiger charge is 2.19. The van der Waals surface area contributed by atoms with Gasteiger partial charge in [-0.15, -0.1) is 0 Å². The molecule has 5 heteroatoms. The Morgan fingerprint density at radius 2 is 1.08 bits per heavy atom. The average Bonchev–Trinajstić information content (AvgIpc) is 3.32. The van der Waals surface area contributed by atoms with Crippen LogP contribution in [0.2, 0.25) is 0 Å². The molecule has 0 aliphatic carbocycles. The highest BCUT2D eigenvalue weighted by Crippen LogP contribution is 2.17. The van der Waals surface area contributed by atoms with Crippen LogP contribution in [0.25, 0.3) is 11.4 Å². The van der Waals surface area contributed by atoms with E-state index >= 15 is 0 Å². The van der Waals surface area contributed by atoms with E-state index in [-0.39, 0.29) is 5.78 Å². The Labute approximate surface area is 138 Å². The first-order chi connectivity index (χ1) is 11.8. The van der Waals surface area contributed by atoms with Gasteiger partial charge >= 0.3 is 0 Å². The number of nitrogens with zero attached hydrogens (tertiary/aromatic N) is 4. The van der Waals surface area contributed by atoms with E-state index in [0.29, 0.717) is 11.4 Å². The maximum absolute atomic E-state index is 13.0. The molecule has 2 aromatic heterocycles. The third kappa shape index (κ3) is 2.42. The Balaban J connectivity index is 1.78. The second-order valence-corrected chi connectivity index (χ2v) is 5.30. The molecule has 24 heavy (non-hydrogen) atoms. The molecule has 0 atom stereocenters. The number of ketones is 1. The predicted octanol–water partition coefficient (Wildman–Crippen LogP) is 3.29. The molecule has 0 saturated heterocycles. The summed E-state index contributed by atoms with van der Waals surface area (Å²) in [6, 6.07) is 19.3. The summed E-state index contributed by atoms with van der Waals surface area (Å²) in [5, 5.41) is 0. The smallest absolute Gasteiger partial charge is 0.229 e. The van der Waals surface area contributed by atoms with Gasteiger partial charge in [-0.2, -0.15) is 0 Å². The number of rotatable bonds is 4. The average molecular weight is 314 g/mol. The van der Waals surface area contributed by atoms with Crippen molar-refractivity contribution in [1.29, 1.82) is 0 Å². The quantitative estimate of drug-likeness (QED) is 0.543. The Bertz CT molecular complexity index is 891. The van der Waals surface area contributed by atoms with Crippen LogP contribution in [0.1, 0.15) is 16.2 Å². The topological polar surface area (TPSA) is 52.7 Å². The van der Waals surface area contributed by atoms with Crippen LogP contribution in [-0.2, 0) is 0 Å². The van der Waals surface area contributed by atoms with Crippen molar-refractivity contribution >= 4 is 5.78 Å². The van der Waals surface area contributed by atoms with Gasteiger partial charge in [-0.3, -0.25) is 13.9 Å². The van der Waals surface area contributed by atoms with E-state index in [9.17, 15) is 4.79 Å². The number of benzene rings is 2. The molecule has 0 saturated carbocycles. The second-order valence-electron chi connectivity index (χ2n) is 5.30. The number of carbonyl (C=O) groups excluding carboxylic acids is 1. The van der Waals surface area contributed by atoms with Crippen molar-refractivity contribution in [1.82, 2.24) is 19.1 Å². The number of carbonyl (C=O) groups is 1. The molecule has 0 amide bonds. The number of imidazole rings is 2. The van der Waals surface area contributed by atoms with Crippen molar-refractivity contribution in [2.75, 3.05) is 0 Å². The largest absolute Gasteiger partial charge is 0.296 e. The van der Waals surface area contributed by atoms with E-state index in [2.05, 4.69) is 9.97 Å². The van der Waals surface area contributed by atoms with Gasteiger partial charge in [0.1, 0.15) is 11.4 Å². The van der Waals surface area contributed by atoms with E-state index < -0.39 is 0 Å². The van der Waals surface area contributed by atoms with Gasteiger partial charge in [0.25, 0.3) is 0 Å². The first-order valence-corrected chi connectivity index (χ1v) is 7.55. The molecule has 0 fully saturated rings. The van der Waals surface area contributed by atoms with E-state index in [1.165, 1.54) is 0 Å². The molecule has 0 aliphatic heterocycles. The van der Waals surface area contributed by atoms with Gasteiger partial charge in [0.15, 0.2) is 0 Å². The van der Waals surface area contributed by atoms with Crippen molar-refractivity contribution < 1.29 is 4.79 Å². The summed E-state index contributed by atoms with van der Waals surface area (Å²) in [6.07, 6.45) is 6.45. The fraction of sp³-hybridized carbons (Fsp3) is 0. The molecule has 116 valence electrons. The third-order valence-corrected chi connectivity index (χ3v) is 3.81. The Hall–Kier alpha value is -3.47. The molecular weight excluding hydrogens is 300 g/mol. The minimum Gasteiger partial charge on any atom is -0.296 e. The lowest BCUT2D eigenvalue weighted by Crippen LogP contribution is -2.12. The minimum absolute atomic E-state index is 0.127. The summed E-state index contributed by atoms with van der Waals surface area (Å²) in [7, 11) is 0. The van der Waals surface area contributed by atoms with Gasteiger partial charge in [-0.05, 0) is 24.3 Å². The summed E-state index contributed by atoms with van der Waals surface area (Å²) < 4.78 is 3.56. The van der Waals surface area contributed by atoms with Crippen LogP contribution in [0.3, 0.4) is 0 Å². The molecular formula is C19H14N4O. The van der Waals surface area contributed by atoms with E-state index in [4.69, 9.17) is 0 Å². The van der Waals surface area contributed by atoms with Gasteiger partial charge in [0, 0.05) is 11.4 Å². The first kappa shape index (κ1) is 14.1. The maximum atomic E-state index is 13.0. The second kappa shape index (κ2) is 5.96. The molecule has 5 nitrogen and oxygen atoms in total. The lowest BCUT2D eigenvalue weighted by atomic mass is 10.2. The van der Waals surface area contributed by atoms with Crippen LogP contribution in [0.4, 0.5) is 0 Å². The van der Waals surface area contributed by atoms with Crippen molar-refractivity contribution in [3.8, 4) is 11.4 Å². The van der Waals surface area contributed by atoms with Crippen LogP contribution < -0.4 is 0 Å². The molecule has 0 bridgehead atoms. The molecule has 0 aliphatic rings. The van der Waals surface area contributed by atoms with E-state index in [1.54, 1.807) is 34.2 Å². The SMILES string of the molecule is O=C(c1cncn1-c1ccccc1)c1cncn1-c1ccccc1. The predicted molar refractivity (Wildman–Crippen MR) is 90.6 cm³/mol. The molecule has 0 radical (unpaired) electrons. The van der Waals surface area contributed by atoms with E-state index in [0.717, 1.165) is 11.4 Å². The summed E-state index contributed by atoms with van der Waals surface area (Å²) in [4.78, 5) is 21.3. The lowest BCUT2D eigenvalue weighted by Gasteiger charge is -2.09. The van der Waals surface area contributed by atoms with Crippen molar-refractivity contribution in [3.63, 3.8) is 0 Å². The van der Waals surface area contributed by atoms with Gasteiger partial charge in [0.2, 0.25) is 5.78 Å². The van der Waals surface area contributed by atoms with Crippen molar-refractivity contribution in [2.45, 2.75) is 0 Å². The zero-order valence-corrected chi connectivity index (χ0v) is 12.8. The van der Waals surface area contributed by atoms with Crippen molar-refractivity contribution in [3.05, 3.63) is 97.1 Å². The zero-order valence-electron chi connectivity index (χ0n) is 12.8. The normalized spacial score (nSPS) is 10.7. The Kier molecular flexibility index (Phi) is 3.51. The number of aromatic nitrogens is 4. The fourth-order valence-electron chi connectivity index (χ4n) is 2.65. The van der Waals surface area contributed by atoms with Gasteiger partial charge in [-0.1, -0.05) is 36.4 Å². The van der Waals surface area contributed by atoms with Crippen molar-refractivity contribution in [2.24, 2.45) is 0 Å². The molecule has 4 rings (SSSR count). The maximum Gasteiger partial charge on any atom is 0.229 e. The number of hydrogen-bond acceptors (Lipinski definition) is 3. The molecule has 2 aromatic carbocycles. The number of hydrogen-bond donors (Lipinski definition) is 0. The monoisotopic (exact) mass is 314 g/mol. The lowest BCUT2D eigenvalue weighted by molar-refractivity contribution is 0.102. The van der Waals surface area contributed by atoms with Crippen LogP contribution in [0.15, 0.2) is 85.7 Å². The zero-order chi connectivity index (χ0) is 16.4. The van der Waals surface area contributed by atoms with Gasteiger partial charge in [-0.25, -0.2) is 9.97 Å². The Morgan fingerprint density at radius 3 is 1.50 bits per heavy atom. The first-order valence-electron chi connectivity index (χ1n) is 7.55. The standard InChI is InChI=1S/C19H14N4O/c24-19(17-11-20-13-22(17)15-7-3-1-4-8-15)18-12-21-14-23(18)16-9-5-2-6-10-16/h1-14H. The highest BCUT2D eigenvalue weighted by molar-refractivity contribution is 6.07. The number of para-hydroxylation sites is 2. The highest BCUT2D eigenvalue weighted by atomic mass is 16.1. The molecule has 4 aromatic rings. The Morgan fingerprint density at radius 1 is 0.667 bits per heavy atom. The summed E-state index contributed by atoms with van der Waals surface area (Å²) >= 11 is 0. The summed E-state index contributed by atoms with van der Waals surface area (Å²) in [6.45, 7) is 0. The minimum atomic E-state index is -0.127. The van der Waals surface area contributed by atoms with Crippen LogP contribution in [0.5, 0.6) is 0 Å². The van der Waals surface area contributed by atoms with Crippen LogP contribution in [0, 0.1) is 0 Å². The molecule has 2 heterocycles. The fourth-order valence-corrected chi connectivity index (χ4v) is 2.65. The molecule has 0 spiro atoms. The van der Waals surface area contributed by atoms with E-state index in [1.807, 2.05) is 60.7 Å². The van der Waals surface area contributed by atoms with Gasteiger partial charge < -0.3 is 0 Å². The molecule has 0 N–H and O–H groups in total. The van der Waals surface area contributed by atoms with Crippen LogP contribution in [-0.4, -0.2) is 24.9 Å². The third-order valence-electron chi connectivity index (χ3n) is 3.81.